The molecule has 0 aliphatic carbocycles. The highest BCUT2D eigenvalue weighted by Crippen LogP contribution is 2.19. The van der Waals surface area contributed by atoms with Crippen LogP contribution in [0, 0.1) is 6.92 Å². The predicted molar refractivity (Wildman–Crippen MR) is 61.9 cm³/mol. The van der Waals surface area contributed by atoms with Crippen LogP contribution >= 0.6 is 23.2 Å². The van der Waals surface area contributed by atoms with E-state index in [0.29, 0.717) is 5.56 Å². The summed E-state index contributed by atoms with van der Waals surface area (Å²) in [7, 11) is 0. The number of benzene rings is 1. The molecule has 1 N–H and O–H groups in total. The van der Waals surface area contributed by atoms with Gasteiger partial charge in [-0.25, -0.2) is 4.79 Å². The minimum atomic E-state index is -1.42. The van der Waals surface area contributed by atoms with Gasteiger partial charge in [0, 0.05) is 5.56 Å². The maximum absolute atomic E-state index is 11.7. The number of hydrogen-bond donors (Lipinski definition) is 1. The normalized spacial score (nSPS) is 11.9. The second kappa shape index (κ2) is 5.14. The number of Topliss-reactive ketones (excluding diaryl/α,β-unsaturated/α-hetero) is 1. The van der Waals surface area contributed by atoms with E-state index < -0.39 is 21.8 Å². The summed E-state index contributed by atoms with van der Waals surface area (Å²) in [5.74, 6) is -2.03. The van der Waals surface area contributed by atoms with E-state index in [0.717, 1.165) is 5.56 Å². The van der Waals surface area contributed by atoms with Gasteiger partial charge in [-0.2, -0.15) is 0 Å². The van der Waals surface area contributed by atoms with Crippen LogP contribution < -0.4 is 0 Å². The quantitative estimate of drug-likeness (QED) is 0.670. The fourth-order valence-corrected chi connectivity index (χ4v) is 1.30. The smallest absolute Gasteiger partial charge is 0.349 e. The van der Waals surface area contributed by atoms with Gasteiger partial charge in [0.15, 0.2) is 0 Å². The van der Waals surface area contributed by atoms with Crippen molar-refractivity contribution >= 4 is 35.0 Å². The van der Waals surface area contributed by atoms with Crippen molar-refractivity contribution in [3.63, 3.8) is 0 Å². The van der Waals surface area contributed by atoms with Crippen LogP contribution in [-0.4, -0.2) is 16.9 Å². The summed E-state index contributed by atoms with van der Waals surface area (Å²) >= 11 is 10.9. The maximum Gasteiger partial charge on any atom is 0.349 e. The van der Waals surface area contributed by atoms with Crippen molar-refractivity contribution in [2.45, 2.75) is 6.92 Å². The van der Waals surface area contributed by atoms with Gasteiger partial charge >= 0.3 is 5.97 Å². The van der Waals surface area contributed by atoms with Gasteiger partial charge in [0.2, 0.25) is 5.78 Å². The Hall–Kier alpha value is -1.32. The summed E-state index contributed by atoms with van der Waals surface area (Å²) in [6.07, 6.45) is 0. The lowest BCUT2D eigenvalue weighted by Crippen LogP contribution is -2.05. The van der Waals surface area contributed by atoms with Gasteiger partial charge in [-0.15, -0.1) is 0 Å². The molecule has 5 heteroatoms. The number of ketones is 1. The molecule has 0 radical (unpaired) electrons. The first-order valence-corrected chi connectivity index (χ1v) is 5.09. The lowest BCUT2D eigenvalue weighted by Gasteiger charge is -2.01. The molecule has 3 nitrogen and oxygen atoms in total. The van der Waals surface area contributed by atoms with Crippen LogP contribution in [0.25, 0.3) is 0 Å². The number of carbonyl (C=O) groups excluding carboxylic acids is 1. The molecule has 0 fully saturated rings. The van der Waals surface area contributed by atoms with Crippen LogP contribution in [0.3, 0.4) is 0 Å². The number of halogens is 2. The summed E-state index contributed by atoms with van der Waals surface area (Å²) in [5.41, 5.74) is 1.29. The minimum Gasteiger partial charge on any atom is -0.477 e. The van der Waals surface area contributed by atoms with E-state index in [-0.39, 0.29) is 0 Å². The van der Waals surface area contributed by atoms with E-state index in [9.17, 15) is 9.59 Å². The SMILES string of the molecule is Cc1ccc(C(=O)C(Cl)=C(Cl)C(=O)O)cc1. The third-order valence-corrected chi connectivity index (χ3v) is 2.70. The average molecular weight is 259 g/mol. The van der Waals surface area contributed by atoms with Crippen molar-refractivity contribution in [3.8, 4) is 0 Å². The minimum absolute atomic E-state index is 0.301. The van der Waals surface area contributed by atoms with Gasteiger partial charge in [0.05, 0.1) is 0 Å². The van der Waals surface area contributed by atoms with E-state index in [1.54, 1.807) is 24.3 Å². The Morgan fingerprint density at radius 3 is 2.00 bits per heavy atom. The van der Waals surface area contributed by atoms with E-state index in [2.05, 4.69) is 0 Å². The Morgan fingerprint density at radius 2 is 1.56 bits per heavy atom. The van der Waals surface area contributed by atoms with Crippen LogP contribution in [0.1, 0.15) is 15.9 Å². The topological polar surface area (TPSA) is 54.4 Å². The molecule has 0 aliphatic rings. The molecule has 1 aromatic carbocycles. The van der Waals surface area contributed by atoms with Gasteiger partial charge in [0.1, 0.15) is 10.1 Å². The monoisotopic (exact) mass is 258 g/mol. The van der Waals surface area contributed by atoms with Gasteiger partial charge in [-0.1, -0.05) is 53.0 Å². The first-order valence-electron chi connectivity index (χ1n) is 4.33. The molecule has 1 rings (SSSR count). The molecule has 0 heterocycles. The number of hydrogen-bond acceptors (Lipinski definition) is 2. The van der Waals surface area contributed by atoms with Crippen LogP contribution in [0.5, 0.6) is 0 Å². The number of rotatable bonds is 3. The number of carboxylic acids is 1. The number of allylic oxidation sites excluding steroid dienone is 1. The molecule has 0 aliphatic heterocycles. The Morgan fingerprint density at radius 1 is 1.06 bits per heavy atom. The number of carboxylic acid groups (broad SMARTS) is 1. The molecule has 0 bridgehead atoms. The standard InChI is InChI=1S/C11H8Cl2O3/c1-6-2-4-7(5-3-6)10(14)8(12)9(13)11(15)16/h2-5H,1H3,(H,15,16). The second-order valence-electron chi connectivity index (χ2n) is 3.13. The molecule has 0 amide bonds. The molecule has 0 atom stereocenters. The number of aryl methyl sites for hydroxylation is 1. The molecular formula is C11H8Cl2O3. The van der Waals surface area contributed by atoms with E-state index in [4.69, 9.17) is 28.3 Å². The molecular weight excluding hydrogens is 251 g/mol. The summed E-state index contributed by atoms with van der Waals surface area (Å²) in [6, 6.07) is 6.58. The number of carbonyl (C=O) groups is 2. The Balaban J connectivity index is 3.08. The highest BCUT2D eigenvalue weighted by atomic mass is 35.5. The van der Waals surface area contributed by atoms with Crippen LogP contribution in [0.4, 0.5) is 0 Å². The molecule has 1 aromatic rings. The fourth-order valence-electron chi connectivity index (χ4n) is 1.03. The second-order valence-corrected chi connectivity index (χ2v) is 3.88. The van der Waals surface area contributed by atoms with Crippen molar-refractivity contribution in [1.82, 2.24) is 0 Å². The zero-order chi connectivity index (χ0) is 12.3. The van der Waals surface area contributed by atoms with Crippen LogP contribution in [0.15, 0.2) is 34.3 Å². The summed E-state index contributed by atoms with van der Waals surface area (Å²) in [6.45, 7) is 1.87. The zero-order valence-corrected chi connectivity index (χ0v) is 9.84. The third-order valence-electron chi connectivity index (χ3n) is 1.89. The summed E-state index contributed by atoms with van der Waals surface area (Å²) in [4.78, 5) is 22.2. The van der Waals surface area contributed by atoms with Gasteiger partial charge in [-0.05, 0) is 6.92 Å². The van der Waals surface area contributed by atoms with Crippen molar-refractivity contribution in [1.29, 1.82) is 0 Å². The highest BCUT2D eigenvalue weighted by molar-refractivity contribution is 6.54. The van der Waals surface area contributed by atoms with E-state index in [1.807, 2.05) is 6.92 Å². The Kier molecular flexibility index (Phi) is 4.10. The van der Waals surface area contributed by atoms with Crippen molar-refractivity contribution < 1.29 is 14.7 Å². The highest BCUT2D eigenvalue weighted by Gasteiger charge is 2.18. The summed E-state index contributed by atoms with van der Waals surface area (Å²) in [5, 5.41) is 7.40. The fraction of sp³-hybridized carbons (Fsp3) is 0.0909. The van der Waals surface area contributed by atoms with Gasteiger partial charge in [0.25, 0.3) is 0 Å². The van der Waals surface area contributed by atoms with Crippen LogP contribution in [-0.2, 0) is 4.79 Å². The first kappa shape index (κ1) is 12.7. The average Bonchev–Trinajstić information content (AvgIpc) is 2.27. The molecule has 0 spiro atoms. The van der Waals surface area contributed by atoms with Crippen molar-refractivity contribution in [2.24, 2.45) is 0 Å². The molecule has 0 saturated heterocycles. The summed E-state index contributed by atoms with van der Waals surface area (Å²) < 4.78 is 0. The van der Waals surface area contributed by atoms with Crippen molar-refractivity contribution in [3.05, 3.63) is 45.5 Å². The molecule has 0 aromatic heterocycles. The molecule has 0 saturated carbocycles. The van der Waals surface area contributed by atoms with E-state index in [1.165, 1.54) is 0 Å². The maximum atomic E-state index is 11.7. The lowest BCUT2D eigenvalue weighted by molar-refractivity contribution is -0.131. The first-order chi connectivity index (χ1) is 7.43. The lowest BCUT2D eigenvalue weighted by atomic mass is 10.1. The Bertz CT molecular complexity index is 461. The Labute approximate surface area is 102 Å². The molecule has 16 heavy (non-hydrogen) atoms. The predicted octanol–water partition coefficient (Wildman–Crippen LogP) is 2.95. The van der Waals surface area contributed by atoms with Crippen molar-refractivity contribution in [2.75, 3.05) is 0 Å². The van der Waals surface area contributed by atoms with Gasteiger partial charge in [-0.3, -0.25) is 4.79 Å². The van der Waals surface area contributed by atoms with E-state index >= 15 is 0 Å². The largest absolute Gasteiger partial charge is 0.477 e. The zero-order valence-electron chi connectivity index (χ0n) is 8.33. The van der Waals surface area contributed by atoms with Gasteiger partial charge < -0.3 is 5.11 Å². The molecule has 84 valence electrons. The third kappa shape index (κ3) is 2.84. The number of aliphatic carboxylic acids is 1. The van der Waals surface area contributed by atoms with Crippen LogP contribution in [0.2, 0.25) is 0 Å². The molecule has 0 unspecified atom stereocenters.